The van der Waals surface area contributed by atoms with Crippen molar-refractivity contribution in [3.8, 4) is 0 Å². The Hall–Kier alpha value is -1.85. The van der Waals surface area contributed by atoms with E-state index in [-0.39, 0.29) is 11.9 Å². The average Bonchev–Trinajstić information content (AvgIpc) is 2.49. The van der Waals surface area contributed by atoms with Crippen molar-refractivity contribution in [1.82, 2.24) is 15.5 Å². The molecule has 1 aromatic heterocycles. The minimum atomic E-state index is -0.230. The summed E-state index contributed by atoms with van der Waals surface area (Å²) < 4.78 is 0. The van der Waals surface area contributed by atoms with Crippen molar-refractivity contribution in [2.75, 3.05) is 11.9 Å². The van der Waals surface area contributed by atoms with Gasteiger partial charge in [0, 0.05) is 22.6 Å². The molecule has 1 aromatic carbocycles. The molecule has 1 heterocycles. The van der Waals surface area contributed by atoms with Crippen molar-refractivity contribution < 1.29 is 4.79 Å². The van der Waals surface area contributed by atoms with Gasteiger partial charge in [-0.15, -0.1) is 10.2 Å². The normalized spacial score (nSPS) is 10.7. The van der Waals surface area contributed by atoms with E-state index in [1.807, 2.05) is 26.0 Å². The third-order valence-electron chi connectivity index (χ3n) is 3.03. The lowest BCUT2D eigenvalue weighted by Crippen LogP contribution is -2.30. The Balaban J connectivity index is 1.88. The van der Waals surface area contributed by atoms with Crippen molar-refractivity contribution in [1.29, 1.82) is 0 Å². The molecule has 0 bridgehead atoms. The van der Waals surface area contributed by atoms with Gasteiger partial charge >= 0.3 is 0 Å². The molecule has 2 N–H and O–H groups in total. The highest BCUT2D eigenvalue weighted by atomic mass is 35.5. The first-order chi connectivity index (χ1) is 11.0. The van der Waals surface area contributed by atoms with E-state index >= 15 is 0 Å². The Morgan fingerprint density at radius 3 is 2.57 bits per heavy atom. The molecule has 0 aliphatic heterocycles. The van der Waals surface area contributed by atoms with Crippen LogP contribution in [0.15, 0.2) is 30.3 Å². The van der Waals surface area contributed by atoms with E-state index in [0.29, 0.717) is 28.1 Å². The fourth-order valence-corrected chi connectivity index (χ4v) is 2.44. The van der Waals surface area contributed by atoms with Crippen molar-refractivity contribution in [3.05, 3.63) is 51.6 Å². The molecule has 0 unspecified atom stereocenters. The molecule has 0 saturated carbocycles. The molecule has 5 nitrogen and oxygen atoms in total. The molecular formula is C16H18Cl2N4O. The lowest BCUT2D eigenvalue weighted by atomic mass is 10.1. The summed E-state index contributed by atoms with van der Waals surface area (Å²) in [6, 6.07) is 8.86. The number of anilines is 1. The number of hydrogen-bond donors (Lipinski definition) is 2. The molecule has 0 radical (unpaired) electrons. The van der Waals surface area contributed by atoms with E-state index in [1.54, 1.807) is 18.2 Å². The molecule has 7 heteroatoms. The molecule has 0 saturated heterocycles. The predicted octanol–water partition coefficient (Wildman–Crippen LogP) is 3.58. The van der Waals surface area contributed by atoms with E-state index in [4.69, 9.17) is 23.2 Å². The Labute approximate surface area is 145 Å². The van der Waals surface area contributed by atoms with Crippen molar-refractivity contribution in [2.45, 2.75) is 26.3 Å². The zero-order valence-electron chi connectivity index (χ0n) is 12.9. The van der Waals surface area contributed by atoms with Gasteiger partial charge in [-0.3, -0.25) is 4.79 Å². The summed E-state index contributed by atoms with van der Waals surface area (Å²) in [5.41, 5.74) is 1.30. The number of carbonyl (C=O) groups excluding carboxylic acids is 1. The molecule has 23 heavy (non-hydrogen) atoms. The van der Waals surface area contributed by atoms with Crippen LogP contribution >= 0.6 is 23.2 Å². The fraction of sp³-hybridized carbons (Fsp3) is 0.312. The number of halogens is 2. The highest BCUT2D eigenvalue weighted by Gasteiger charge is 2.09. The molecule has 2 rings (SSSR count). The number of nitrogens with zero attached hydrogens (tertiary/aromatic N) is 2. The van der Waals surface area contributed by atoms with Crippen LogP contribution in [0.5, 0.6) is 0 Å². The molecule has 1 amide bonds. The number of hydrogen-bond acceptors (Lipinski definition) is 4. The smallest absolute Gasteiger partial charge is 0.271 e. The van der Waals surface area contributed by atoms with E-state index in [9.17, 15) is 4.79 Å². The summed E-state index contributed by atoms with van der Waals surface area (Å²) >= 11 is 12.0. The molecule has 2 aromatic rings. The fourth-order valence-electron chi connectivity index (χ4n) is 1.93. The van der Waals surface area contributed by atoms with Crippen LogP contribution in [0.2, 0.25) is 10.0 Å². The summed E-state index contributed by atoms with van der Waals surface area (Å²) in [5, 5.41) is 15.1. The SMILES string of the molecule is CC(C)NC(=O)c1ccc(NCCc2ccc(Cl)cc2Cl)nn1. The van der Waals surface area contributed by atoms with Crippen LogP contribution in [-0.2, 0) is 6.42 Å². The second-order valence-electron chi connectivity index (χ2n) is 5.34. The Morgan fingerprint density at radius 1 is 1.17 bits per heavy atom. The van der Waals surface area contributed by atoms with E-state index in [2.05, 4.69) is 20.8 Å². The first kappa shape index (κ1) is 17.5. The summed E-state index contributed by atoms with van der Waals surface area (Å²) in [6.45, 7) is 4.43. The number of aromatic nitrogens is 2. The first-order valence-corrected chi connectivity index (χ1v) is 8.03. The third-order valence-corrected chi connectivity index (χ3v) is 3.62. The number of benzene rings is 1. The summed E-state index contributed by atoms with van der Waals surface area (Å²) in [4.78, 5) is 11.8. The minimum Gasteiger partial charge on any atom is -0.368 e. The monoisotopic (exact) mass is 352 g/mol. The van der Waals surface area contributed by atoms with Crippen LogP contribution in [0.3, 0.4) is 0 Å². The van der Waals surface area contributed by atoms with Gasteiger partial charge in [-0.25, -0.2) is 0 Å². The van der Waals surface area contributed by atoms with Gasteiger partial charge in [0.05, 0.1) is 0 Å². The molecular weight excluding hydrogens is 335 g/mol. The predicted molar refractivity (Wildman–Crippen MR) is 93.3 cm³/mol. The summed E-state index contributed by atoms with van der Waals surface area (Å²) in [5.74, 6) is 0.378. The molecule has 0 aliphatic rings. The maximum absolute atomic E-state index is 11.8. The van der Waals surface area contributed by atoms with Crippen molar-refractivity contribution in [3.63, 3.8) is 0 Å². The molecule has 0 aliphatic carbocycles. The van der Waals surface area contributed by atoms with Gasteiger partial charge in [0.1, 0.15) is 5.82 Å². The minimum absolute atomic E-state index is 0.0613. The van der Waals surface area contributed by atoms with Crippen LogP contribution in [0.1, 0.15) is 29.9 Å². The van der Waals surface area contributed by atoms with Gasteiger partial charge in [0.2, 0.25) is 0 Å². The largest absolute Gasteiger partial charge is 0.368 e. The Kier molecular flexibility index (Phi) is 6.19. The summed E-state index contributed by atoms with van der Waals surface area (Å²) in [6.07, 6.45) is 0.729. The zero-order chi connectivity index (χ0) is 16.8. The standard InChI is InChI=1S/C16H18Cl2N4O/c1-10(2)20-16(23)14-5-6-15(22-21-14)19-8-7-11-3-4-12(17)9-13(11)18/h3-6,9-10H,7-8H2,1-2H3,(H,19,22)(H,20,23). The molecule has 0 spiro atoms. The maximum atomic E-state index is 11.8. The number of rotatable bonds is 6. The van der Waals surface area contributed by atoms with Crippen molar-refractivity contribution >= 4 is 34.9 Å². The van der Waals surface area contributed by atoms with Gasteiger partial charge < -0.3 is 10.6 Å². The Morgan fingerprint density at radius 2 is 1.96 bits per heavy atom. The number of nitrogens with one attached hydrogen (secondary N) is 2. The summed E-state index contributed by atoms with van der Waals surface area (Å²) in [7, 11) is 0. The Bertz CT molecular complexity index is 674. The van der Waals surface area contributed by atoms with Crippen LogP contribution in [0, 0.1) is 0 Å². The molecule has 0 atom stereocenters. The van der Waals surface area contributed by atoms with E-state index in [1.165, 1.54) is 0 Å². The van der Waals surface area contributed by atoms with Crippen LogP contribution in [0.4, 0.5) is 5.82 Å². The highest BCUT2D eigenvalue weighted by Crippen LogP contribution is 2.21. The van der Waals surface area contributed by atoms with Crippen LogP contribution in [-0.4, -0.2) is 28.7 Å². The number of carbonyl (C=O) groups is 1. The quantitative estimate of drug-likeness (QED) is 0.833. The first-order valence-electron chi connectivity index (χ1n) is 7.28. The topological polar surface area (TPSA) is 66.9 Å². The van der Waals surface area contributed by atoms with Crippen LogP contribution in [0.25, 0.3) is 0 Å². The van der Waals surface area contributed by atoms with Gasteiger partial charge in [-0.05, 0) is 50.1 Å². The van der Waals surface area contributed by atoms with Crippen molar-refractivity contribution in [2.24, 2.45) is 0 Å². The molecule has 122 valence electrons. The van der Waals surface area contributed by atoms with Gasteiger partial charge in [0.25, 0.3) is 5.91 Å². The lowest BCUT2D eigenvalue weighted by Gasteiger charge is -2.09. The maximum Gasteiger partial charge on any atom is 0.271 e. The van der Waals surface area contributed by atoms with Gasteiger partial charge in [-0.1, -0.05) is 29.3 Å². The molecule has 0 fully saturated rings. The third kappa shape index (κ3) is 5.37. The zero-order valence-corrected chi connectivity index (χ0v) is 14.4. The van der Waals surface area contributed by atoms with Gasteiger partial charge in [0.15, 0.2) is 5.69 Å². The van der Waals surface area contributed by atoms with E-state index < -0.39 is 0 Å². The lowest BCUT2D eigenvalue weighted by molar-refractivity contribution is 0.0937. The second-order valence-corrected chi connectivity index (χ2v) is 6.19. The van der Waals surface area contributed by atoms with Gasteiger partial charge in [-0.2, -0.15) is 0 Å². The van der Waals surface area contributed by atoms with Crippen LogP contribution < -0.4 is 10.6 Å². The highest BCUT2D eigenvalue weighted by molar-refractivity contribution is 6.35. The van der Waals surface area contributed by atoms with E-state index in [0.717, 1.165) is 12.0 Å². The second kappa shape index (κ2) is 8.13. The average molecular weight is 353 g/mol. The number of amides is 1.